The molecule has 0 atom stereocenters. The van der Waals surface area contributed by atoms with Crippen molar-refractivity contribution in [3.8, 4) is 0 Å². The van der Waals surface area contributed by atoms with Crippen LogP contribution in [0.2, 0.25) is 5.02 Å². The van der Waals surface area contributed by atoms with E-state index in [0.717, 1.165) is 31.2 Å². The zero-order valence-corrected chi connectivity index (χ0v) is 12.1. The lowest BCUT2D eigenvalue weighted by Crippen LogP contribution is -2.37. The van der Waals surface area contributed by atoms with Crippen LogP contribution in [0.3, 0.4) is 0 Å². The Kier molecular flexibility index (Phi) is 4.82. The molecule has 0 radical (unpaired) electrons. The quantitative estimate of drug-likeness (QED) is 0.913. The van der Waals surface area contributed by atoms with Crippen LogP contribution in [0.25, 0.3) is 0 Å². The molecular weight excluding hydrogens is 265 g/mol. The van der Waals surface area contributed by atoms with Crippen molar-refractivity contribution in [2.75, 3.05) is 13.7 Å². The third kappa shape index (κ3) is 2.93. The number of rotatable bonds is 4. The van der Waals surface area contributed by atoms with Crippen molar-refractivity contribution < 1.29 is 9.13 Å². The lowest BCUT2D eigenvalue weighted by atomic mass is 9.69. The molecule has 0 amide bonds. The van der Waals surface area contributed by atoms with Gasteiger partial charge in [0, 0.05) is 29.7 Å². The number of halogens is 2. The Balaban J connectivity index is 2.39. The Hall–Kier alpha value is -0.640. The summed E-state index contributed by atoms with van der Waals surface area (Å²) in [6, 6.07) is 3.47. The van der Waals surface area contributed by atoms with E-state index in [1.807, 2.05) is 6.07 Å². The third-order valence-electron chi connectivity index (χ3n) is 4.24. The highest BCUT2D eigenvalue weighted by Crippen LogP contribution is 2.40. The summed E-state index contributed by atoms with van der Waals surface area (Å²) in [6.45, 7) is 0.743. The average Bonchev–Trinajstić information content (AvgIpc) is 2.43. The fraction of sp³-hybridized carbons (Fsp3) is 0.600. The molecule has 19 heavy (non-hydrogen) atoms. The largest absolute Gasteiger partial charge is 0.380 e. The van der Waals surface area contributed by atoms with Crippen LogP contribution in [0.5, 0.6) is 0 Å². The maximum Gasteiger partial charge on any atom is 0.130 e. The van der Waals surface area contributed by atoms with E-state index in [1.54, 1.807) is 6.07 Å². The molecule has 0 aliphatic heterocycles. The molecule has 0 bridgehead atoms. The molecule has 4 heteroatoms. The van der Waals surface area contributed by atoms with Crippen LogP contribution < -0.4 is 5.73 Å². The van der Waals surface area contributed by atoms with Gasteiger partial charge in [0.15, 0.2) is 0 Å². The number of nitrogens with two attached hydrogens (primary N) is 1. The van der Waals surface area contributed by atoms with Gasteiger partial charge in [0.2, 0.25) is 0 Å². The second-order valence-electron chi connectivity index (χ2n) is 5.40. The maximum absolute atomic E-state index is 14.2. The predicted octanol–water partition coefficient (Wildman–Crippen LogP) is 3.79. The van der Waals surface area contributed by atoms with Gasteiger partial charge in [-0.15, -0.1) is 0 Å². The van der Waals surface area contributed by atoms with Crippen molar-refractivity contribution in [3.05, 3.63) is 34.1 Å². The lowest BCUT2D eigenvalue weighted by molar-refractivity contribution is 0.181. The van der Waals surface area contributed by atoms with Crippen LogP contribution in [0.4, 0.5) is 4.39 Å². The summed E-state index contributed by atoms with van der Waals surface area (Å²) in [5, 5.41) is 0.440. The van der Waals surface area contributed by atoms with Crippen LogP contribution in [0.15, 0.2) is 12.1 Å². The molecule has 1 aliphatic carbocycles. The highest BCUT2D eigenvalue weighted by molar-refractivity contribution is 6.31. The number of hydrogen-bond donors (Lipinski definition) is 1. The number of benzene rings is 1. The summed E-state index contributed by atoms with van der Waals surface area (Å²) in [6.07, 6.45) is 5.57. The van der Waals surface area contributed by atoms with E-state index in [0.29, 0.717) is 17.1 Å². The summed E-state index contributed by atoms with van der Waals surface area (Å²) in [7, 11) is 1.53. The fourth-order valence-corrected chi connectivity index (χ4v) is 3.29. The summed E-state index contributed by atoms with van der Waals surface area (Å²) in [5.74, 6) is -0.289. The Bertz CT molecular complexity index is 421. The molecule has 1 fully saturated rings. The van der Waals surface area contributed by atoms with Crippen LogP contribution in [0, 0.1) is 5.82 Å². The lowest BCUT2D eigenvalue weighted by Gasteiger charge is -2.37. The van der Waals surface area contributed by atoms with Gasteiger partial charge < -0.3 is 10.5 Å². The molecule has 1 aromatic carbocycles. The first-order chi connectivity index (χ1) is 9.13. The number of hydrogen-bond acceptors (Lipinski definition) is 2. The van der Waals surface area contributed by atoms with Crippen molar-refractivity contribution in [2.24, 2.45) is 5.73 Å². The highest BCUT2D eigenvalue weighted by Gasteiger charge is 2.33. The Morgan fingerprint density at radius 2 is 2.00 bits per heavy atom. The van der Waals surface area contributed by atoms with Gasteiger partial charge in [-0.05, 0) is 30.5 Å². The van der Waals surface area contributed by atoms with Crippen molar-refractivity contribution in [3.63, 3.8) is 0 Å². The molecule has 0 unspecified atom stereocenters. The van der Waals surface area contributed by atoms with Crippen molar-refractivity contribution >= 4 is 11.6 Å². The van der Waals surface area contributed by atoms with Gasteiger partial charge in [-0.25, -0.2) is 4.39 Å². The zero-order valence-electron chi connectivity index (χ0n) is 11.3. The van der Waals surface area contributed by atoms with E-state index >= 15 is 0 Å². The van der Waals surface area contributed by atoms with Crippen LogP contribution >= 0.6 is 11.6 Å². The molecule has 2 N–H and O–H groups in total. The summed E-state index contributed by atoms with van der Waals surface area (Å²) in [5.41, 5.74) is 7.24. The van der Waals surface area contributed by atoms with E-state index in [-0.39, 0.29) is 17.8 Å². The third-order valence-corrected chi connectivity index (χ3v) is 4.58. The molecule has 1 aromatic rings. The van der Waals surface area contributed by atoms with Crippen LogP contribution in [0.1, 0.15) is 43.2 Å². The second kappa shape index (κ2) is 6.21. The normalized spacial score (nSPS) is 18.5. The van der Waals surface area contributed by atoms with Gasteiger partial charge in [0.25, 0.3) is 0 Å². The minimum atomic E-state index is -0.289. The van der Waals surface area contributed by atoms with E-state index in [9.17, 15) is 4.39 Å². The average molecular weight is 286 g/mol. The Labute approximate surface area is 119 Å². The number of methoxy groups -OCH3 is 1. The minimum absolute atomic E-state index is 0.103. The van der Waals surface area contributed by atoms with Crippen molar-refractivity contribution in [1.29, 1.82) is 0 Å². The molecule has 0 spiro atoms. The first kappa shape index (κ1) is 14.8. The monoisotopic (exact) mass is 285 g/mol. The summed E-state index contributed by atoms with van der Waals surface area (Å²) in [4.78, 5) is 0. The van der Waals surface area contributed by atoms with Crippen molar-refractivity contribution in [1.82, 2.24) is 0 Å². The van der Waals surface area contributed by atoms with E-state index in [2.05, 4.69) is 0 Å². The maximum atomic E-state index is 14.2. The molecular formula is C15H21ClFNO. The number of ether oxygens (including phenoxy) is 1. The zero-order chi connectivity index (χ0) is 13.9. The highest BCUT2D eigenvalue weighted by atomic mass is 35.5. The predicted molar refractivity (Wildman–Crippen MR) is 75.9 cm³/mol. The first-order valence-corrected chi connectivity index (χ1v) is 7.18. The SMILES string of the molecule is COCc1c(F)cc(C2(CN)CCCCC2)cc1Cl. The molecule has 0 heterocycles. The van der Waals surface area contributed by atoms with Crippen molar-refractivity contribution in [2.45, 2.75) is 44.1 Å². The fourth-order valence-electron chi connectivity index (χ4n) is 3.03. The molecule has 0 aromatic heterocycles. The van der Waals surface area contributed by atoms with E-state index < -0.39 is 0 Å². The topological polar surface area (TPSA) is 35.2 Å². The molecule has 1 aliphatic rings. The van der Waals surface area contributed by atoms with Gasteiger partial charge >= 0.3 is 0 Å². The van der Waals surface area contributed by atoms with E-state index in [4.69, 9.17) is 22.1 Å². The molecule has 2 nitrogen and oxygen atoms in total. The van der Waals surface area contributed by atoms with Gasteiger partial charge in [-0.3, -0.25) is 0 Å². The summed E-state index contributed by atoms with van der Waals surface area (Å²) >= 11 is 6.19. The smallest absolute Gasteiger partial charge is 0.130 e. The summed E-state index contributed by atoms with van der Waals surface area (Å²) < 4.78 is 19.1. The first-order valence-electron chi connectivity index (χ1n) is 6.80. The minimum Gasteiger partial charge on any atom is -0.380 e. The second-order valence-corrected chi connectivity index (χ2v) is 5.80. The van der Waals surface area contributed by atoms with Gasteiger partial charge in [-0.2, -0.15) is 0 Å². The van der Waals surface area contributed by atoms with Crippen LogP contribution in [-0.4, -0.2) is 13.7 Å². The molecule has 0 saturated heterocycles. The Morgan fingerprint density at radius 3 is 2.53 bits per heavy atom. The van der Waals surface area contributed by atoms with Gasteiger partial charge in [-0.1, -0.05) is 30.9 Å². The molecule has 1 saturated carbocycles. The standard InChI is InChI=1S/C15H21ClFNO/c1-19-9-12-13(16)7-11(8-14(12)17)15(10-18)5-3-2-4-6-15/h7-8H,2-6,9-10,18H2,1H3. The Morgan fingerprint density at radius 1 is 1.32 bits per heavy atom. The van der Waals surface area contributed by atoms with Crippen LogP contribution in [-0.2, 0) is 16.8 Å². The molecule has 2 rings (SSSR count). The van der Waals surface area contributed by atoms with E-state index in [1.165, 1.54) is 13.5 Å². The molecule has 106 valence electrons. The van der Waals surface area contributed by atoms with Gasteiger partial charge in [0.1, 0.15) is 5.82 Å². The van der Waals surface area contributed by atoms with Gasteiger partial charge in [0.05, 0.1) is 6.61 Å².